The molecule has 3 rings (SSSR count). The number of imide groups is 2. The molecule has 2 aliphatic rings. The lowest BCUT2D eigenvalue weighted by Crippen LogP contribution is -2.54. The Bertz CT molecular complexity index is 958. The molecule has 2 aliphatic heterocycles. The summed E-state index contributed by atoms with van der Waals surface area (Å²) in [6.07, 6.45) is 12.0. The Kier molecular flexibility index (Phi) is 9.87. The predicted molar refractivity (Wildman–Crippen MR) is 134 cm³/mol. The average molecular weight is 484 g/mol. The molecule has 0 aromatic heterocycles. The maximum absolute atomic E-state index is 12.9. The first-order valence-corrected chi connectivity index (χ1v) is 12.7. The van der Waals surface area contributed by atoms with Crippen LogP contribution in [0.1, 0.15) is 97.8 Å². The number of benzene rings is 1. The van der Waals surface area contributed by atoms with E-state index in [4.69, 9.17) is 4.74 Å². The minimum atomic E-state index is -0.938. The molecule has 0 aliphatic carbocycles. The zero-order valence-corrected chi connectivity index (χ0v) is 20.7. The van der Waals surface area contributed by atoms with Crippen LogP contribution >= 0.6 is 0 Å². The summed E-state index contributed by atoms with van der Waals surface area (Å²) in [5, 5.41) is 5.55. The number of hydrogen-bond donors (Lipinski definition) is 2. The highest BCUT2D eigenvalue weighted by atomic mass is 16.5. The number of anilines is 1. The van der Waals surface area contributed by atoms with Crippen molar-refractivity contribution in [2.24, 2.45) is 0 Å². The van der Waals surface area contributed by atoms with Gasteiger partial charge >= 0.3 is 0 Å². The molecule has 1 saturated heterocycles. The van der Waals surface area contributed by atoms with Crippen molar-refractivity contribution in [3.8, 4) is 0 Å². The van der Waals surface area contributed by atoms with Gasteiger partial charge < -0.3 is 10.1 Å². The van der Waals surface area contributed by atoms with Crippen LogP contribution in [0.2, 0.25) is 0 Å². The molecule has 2 heterocycles. The Labute approximate surface area is 207 Å². The van der Waals surface area contributed by atoms with E-state index in [-0.39, 0.29) is 18.7 Å². The molecule has 8 heteroatoms. The predicted octanol–water partition coefficient (Wildman–Crippen LogP) is 4.56. The van der Waals surface area contributed by atoms with E-state index in [1.807, 2.05) is 0 Å². The van der Waals surface area contributed by atoms with Crippen molar-refractivity contribution < 1.29 is 23.9 Å². The number of amides is 4. The number of nitrogens with one attached hydrogen (secondary N) is 2. The number of fused-ring (bicyclic) bond motifs is 1. The van der Waals surface area contributed by atoms with Crippen molar-refractivity contribution in [3.63, 3.8) is 0 Å². The standard InChI is InChI=1S/C27H37N3O5/c1-19(35-2)12-10-8-6-4-3-5-7-9-11-17-28-20-13-14-21-22(18-20)27(34)30(26(21)33)23-15-16-24(31)29-25(23)32/h13-14,18,23,28H,1,3-12,15-17H2,2H3,(H,29,31,32). The van der Waals surface area contributed by atoms with Crippen LogP contribution in [0.15, 0.2) is 30.5 Å². The second-order valence-corrected chi connectivity index (χ2v) is 9.31. The third-order valence-corrected chi connectivity index (χ3v) is 6.69. The summed E-state index contributed by atoms with van der Waals surface area (Å²) >= 11 is 0. The summed E-state index contributed by atoms with van der Waals surface area (Å²) in [6, 6.07) is 4.17. The van der Waals surface area contributed by atoms with Crippen LogP contribution in [0.5, 0.6) is 0 Å². The second kappa shape index (κ2) is 13.1. The van der Waals surface area contributed by atoms with Gasteiger partial charge in [0.15, 0.2) is 0 Å². The lowest BCUT2D eigenvalue weighted by molar-refractivity contribution is -0.136. The summed E-state index contributed by atoms with van der Waals surface area (Å²) < 4.78 is 5.08. The molecule has 0 radical (unpaired) electrons. The zero-order valence-electron chi connectivity index (χ0n) is 20.7. The molecule has 2 N–H and O–H groups in total. The van der Waals surface area contributed by atoms with Crippen molar-refractivity contribution in [1.82, 2.24) is 10.2 Å². The number of allylic oxidation sites excluding steroid dienone is 1. The van der Waals surface area contributed by atoms with E-state index in [1.54, 1.807) is 25.3 Å². The topological polar surface area (TPSA) is 105 Å². The van der Waals surface area contributed by atoms with Gasteiger partial charge in [0.05, 0.1) is 24.0 Å². The SMILES string of the molecule is C=C(CCCCCCCCCCCNc1ccc2c(c1)C(=O)N(C1CCC(=O)NC1=O)C2=O)OC. The van der Waals surface area contributed by atoms with E-state index in [2.05, 4.69) is 17.2 Å². The van der Waals surface area contributed by atoms with E-state index < -0.39 is 23.8 Å². The van der Waals surface area contributed by atoms with Crippen LogP contribution in [0.3, 0.4) is 0 Å². The van der Waals surface area contributed by atoms with Gasteiger partial charge in [-0.05, 0) is 37.5 Å². The zero-order chi connectivity index (χ0) is 25.2. The molecule has 1 fully saturated rings. The highest BCUT2D eigenvalue weighted by molar-refractivity contribution is 6.23. The van der Waals surface area contributed by atoms with Gasteiger partial charge in [0.25, 0.3) is 11.8 Å². The van der Waals surface area contributed by atoms with E-state index in [0.29, 0.717) is 11.1 Å². The Morgan fingerprint density at radius 2 is 1.60 bits per heavy atom. The fourth-order valence-electron chi connectivity index (χ4n) is 4.60. The maximum Gasteiger partial charge on any atom is 0.262 e. The highest BCUT2D eigenvalue weighted by Crippen LogP contribution is 2.29. The lowest BCUT2D eigenvalue weighted by atomic mass is 10.0. The fraction of sp³-hybridized carbons (Fsp3) is 0.556. The average Bonchev–Trinajstić information content (AvgIpc) is 3.09. The quantitative estimate of drug-likeness (QED) is 0.215. The number of hydrogen-bond acceptors (Lipinski definition) is 6. The van der Waals surface area contributed by atoms with Gasteiger partial charge in [-0.1, -0.05) is 51.5 Å². The molecule has 0 bridgehead atoms. The molecular weight excluding hydrogens is 446 g/mol. The molecule has 0 spiro atoms. The van der Waals surface area contributed by atoms with E-state index >= 15 is 0 Å². The Balaban J connectivity index is 1.33. The summed E-state index contributed by atoms with van der Waals surface area (Å²) in [4.78, 5) is 50.2. The number of ether oxygens (including phenoxy) is 1. The van der Waals surface area contributed by atoms with Crippen molar-refractivity contribution in [1.29, 1.82) is 0 Å². The molecule has 35 heavy (non-hydrogen) atoms. The van der Waals surface area contributed by atoms with Crippen LogP contribution in [0.4, 0.5) is 5.69 Å². The molecule has 190 valence electrons. The Morgan fingerprint density at radius 3 is 2.26 bits per heavy atom. The van der Waals surface area contributed by atoms with Crippen molar-refractivity contribution in [2.75, 3.05) is 19.0 Å². The first kappa shape index (κ1) is 26.4. The molecule has 8 nitrogen and oxygen atoms in total. The summed E-state index contributed by atoms with van der Waals surface area (Å²) in [7, 11) is 1.67. The summed E-state index contributed by atoms with van der Waals surface area (Å²) in [6.45, 7) is 4.63. The van der Waals surface area contributed by atoms with Crippen molar-refractivity contribution >= 4 is 29.3 Å². The first-order chi connectivity index (χ1) is 16.9. The molecule has 0 saturated carbocycles. The van der Waals surface area contributed by atoms with Gasteiger partial charge in [-0.3, -0.25) is 29.4 Å². The lowest BCUT2D eigenvalue weighted by Gasteiger charge is -2.27. The Hall–Kier alpha value is -3.16. The maximum atomic E-state index is 12.9. The Morgan fingerprint density at radius 1 is 0.971 bits per heavy atom. The number of carbonyl (C=O) groups is 4. The summed E-state index contributed by atoms with van der Waals surface area (Å²) in [5.41, 5.74) is 1.39. The fourth-order valence-corrected chi connectivity index (χ4v) is 4.60. The van der Waals surface area contributed by atoms with Crippen LogP contribution in [0.25, 0.3) is 0 Å². The van der Waals surface area contributed by atoms with E-state index in [1.165, 1.54) is 38.5 Å². The summed E-state index contributed by atoms with van der Waals surface area (Å²) in [5.74, 6) is -1.07. The molecule has 1 aromatic carbocycles. The van der Waals surface area contributed by atoms with Gasteiger partial charge in [-0.2, -0.15) is 0 Å². The molecule has 1 atom stereocenters. The van der Waals surface area contributed by atoms with Gasteiger partial charge in [0.1, 0.15) is 6.04 Å². The second-order valence-electron chi connectivity index (χ2n) is 9.31. The van der Waals surface area contributed by atoms with Crippen LogP contribution in [-0.4, -0.2) is 48.2 Å². The van der Waals surface area contributed by atoms with Gasteiger partial charge in [-0.25, -0.2) is 0 Å². The normalized spacial score (nSPS) is 17.4. The minimum absolute atomic E-state index is 0.113. The van der Waals surface area contributed by atoms with Crippen LogP contribution in [0, 0.1) is 0 Å². The monoisotopic (exact) mass is 483 g/mol. The number of methoxy groups -OCH3 is 1. The number of nitrogens with zero attached hydrogens (tertiary/aromatic N) is 1. The van der Waals surface area contributed by atoms with Gasteiger partial charge in [-0.15, -0.1) is 0 Å². The van der Waals surface area contributed by atoms with Gasteiger partial charge in [0, 0.05) is 25.1 Å². The van der Waals surface area contributed by atoms with E-state index in [0.717, 1.165) is 48.6 Å². The smallest absolute Gasteiger partial charge is 0.262 e. The first-order valence-electron chi connectivity index (χ1n) is 12.7. The molecule has 1 aromatic rings. The third-order valence-electron chi connectivity index (χ3n) is 6.69. The number of carbonyl (C=O) groups excluding carboxylic acids is 4. The third kappa shape index (κ3) is 7.16. The van der Waals surface area contributed by atoms with E-state index in [9.17, 15) is 19.2 Å². The van der Waals surface area contributed by atoms with Crippen molar-refractivity contribution in [3.05, 3.63) is 41.7 Å². The number of piperidine rings is 1. The molecule has 4 amide bonds. The van der Waals surface area contributed by atoms with Crippen molar-refractivity contribution in [2.45, 2.75) is 83.1 Å². The van der Waals surface area contributed by atoms with Crippen LogP contribution in [-0.2, 0) is 14.3 Å². The number of unbranched alkanes of at least 4 members (excludes halogenated alkanes) is 8. The highest BCUT2D eigenvalue weighted by Gasteiger charge is 2.44. The molecular formula is C27H37N3O5. The minimum Gasteiger partial charge on any atom is -0.502 e. The van der Waals surface area contributed by atoms with Crippen LogP contribution < -0.4 is 10.6 Å². The largest absolute Gasteiger partial charge is 0.502 e. The number of rotatable bonds is 15. The van der Waals surface area contributed by atoms with Gasteiger partial charge in [0.2, 0.25) is 11.8 Å². The molecule has 1 unspecified atom stereocenters.